The number of aromatic nitrogens is 4. The Bertz CT molecular complexity index is 961. The molecular weight excluding hydrogens is 314 g/mol. The molecule has 126 valence electrons. The minimum absolute atomic E-state index is 0.644. The van der Waals surface area contributed by atoms with Gasteiger partial charge in [0.05, 0.1) is 23.0 Å². The van der Waals surface area contributed by atoms with Gasteiger partial charge in [0, 0.05) is 32.4 Å². The molecule has 3 aromatic heterocycles. The second-order valence-corrected chi connectivity index (χ2v) is 6.23. The molecule has 7 nitrogen and oxygen atoms in total. The van der Waals surface area contributed by atoms with Crippen molar-refractivity contribution in [3.63, 3.8) is 0 Å². The van der Waals surface area contributed by atoms with E-state index >= 15 is 0 Å². The van der Waals surface area contributed by atoms with Gasteiger partial charge in [0.1, 0.15) is 11.6 Å². The highest BCUT2D eigenvalue weighted by Gasteiger charge is 2.20. The fourth-order valence-electron chi connectivity index (χ4n) is 3.14. The van der Waals surface area contributed by atoms with Crippen molar-refractivity contribution in [3.05, 3.63) is 47.4 Å². The summed E-state index contributed by atoms with van der Waals surface area (Å²) in [7, 11) is 0. The molecule has 25 heavy (non-hydrogen) atoms. The fourth-order valence-corrected chi connectivity index (χ4v) is 3.14. The number of anilines is 2. The largest absolute Gasteiger partial charge is 0.353 e. The minimum Gasteiger partial charge on any atom is -0.353 e. The molecule has 0 unspecified atom stereocenters. The fraction of sp³-hybridized carbons (Fsp3) is 0.333. The van der Waals surface area contributed by atoms with Crippen molar-refractivity contribution in [2.45, 2.75) is 13.8 Å². The molecule has 0 atom stereocenters. The Labute approximate surface area is 146 Å². The first-order chi connectivity index (χ1) is 12.2. The first-order valence-corrected chi connectivity index (χ1v) is 8.35. The van der Waals surface area contributed by atoms with E-state index in [1.807, 2.05) is 36.6 Å². The van der Waals surface area contributed by atoms with Crippen molar-refractivity contribution in [3.8, 4) is 6.07 Å². The molecule has 0 aromatic carbocycles. The molecule has 0 N–H and O–H groups in total. The summed E-state index contributed by atoms with van der Waals surface area (Å²) >= 11 is 0. The van der Waals surface area contributed by atoms with Crippen molar-refractivity contribution in [2.75, 3.05) is 36.0 Å². The maximum Gasteiger partial charge on any atom is 0.154 e. The summed E-state index contributed by atoms with van der Waals surface area (Å²) in [6.45, 7) is 7.48. The van der Waals surface area contributed by atoms with Gasteiger partial charge in [0.2, 0.25) is 0 Å². The summed E-state index contributed by atoms with van der Waals surface area (Å²) in [6, 6.07) is 9.80. The predicted molar refractivity (Wildman–Crippen MR) is 95.8 cm³/mol. The lowest BCUT2D eigenvalue weighted by Crippen LogP contribution is -2.47. The average molecular weight is 333 g/mol. The van der Waals surface area contributed by atoms with Crippen molar-refractivity contribution >= 4 is 17.3 Å². The van der Waals surface area contributed by atoms with Crippen LogP contribution in [0, 0.1) is 25.2 Å². The van der Waals surface area contributed by atoms with E-state index < -0.39 is 0 Å². The maximum atomic E-state index is 9.04. The van der Waals surface area contributed by atoms with Crippen LogP contribution < -0.4 is 9.80 Å². The van der Waals surface area contributed by atoms with Crippen LogP contribution in [-0.4, -0.2) is 45.8 Å². The monoisotopic (exact) mass is 333 g/mol. The highest BCUT2D eigenvalue weighted by Crippen LogP contribution is 2.19. The zero-order valence-corrected chi connectivity index (χ0v) is 14.3. The summed E-state index contributed by atoms with van der Waals surface area (Å²) in [5.74, 6) is 1.83. The van der Waals surface area contributed by atoms with Gasteiger partial charge in [-0.05, 0) is 38.1 Å². The van der Waals surface area contributed by atoms with E-state index in [-0.39, 0.29) is 0 Å². The average Bonchev–Trinajstić information content (AvgIpc) is 2.95. The van der Waals surface area contributed by atoms with Gasteiger partial charge in [-0.1, -0.05) is 0 Å². The van der Waals surface area contributed by atoms with Crippen LogP contribution in [0.3, 0.4) is 0 Å². The number of rotatable bonds is 2. The number of fused-ring (bicyclic) bond motifs is 1. The van der Waals surface area contributed by atoms with Gasteiger partial charge in [-0.2, -0.15) is 5.26 Å². The molecular formula is C18H19N7. The molecule has 1 saturated heterocycles. The van der Waals surface area contributed by atoms with E-state index in [1.165, 1.54) is 0 Å². The van der Waals surface area contributed by atoms with Gasteiger partial charge in [-0.3, -0.25) is 0 Å². The topological polar surface area (TPSA) is 73.3 Å². The summed E-state index contributed by atoms with van der Waals surface area (Å²) in [4.78, 5) is 13.4. The van der Waals surface area contributed by atoms with Gasteiger partial charge >= 0.3 is 0 Å². The number of piperazine rings is 1. The highest BCUT2D eigenvalue weighted by atomic mass is 15.4. The summed E-state index contributed by atoms with van der Waals surface area (Å²) in [6.07, 6.45) is 1.69. The molecule has 4 heterocycles. The van der Waals surface area contributed by atoms with Gasteiger partial charge < -0.3 is 9.80 Å². The Kier molecular flexibility index (Phi) is 3.73. The van der Waals surface area contributed by atoms with Gasteiger partial charge in [0.15, 0.2) is 5.65 Å². The van der Waals surface area contributed by atoms with Crippen molar-refractivity contribution in [1.82, 2.24) is 19.6 Å². The molecule has 4 rings (SSSR count). The molecule has 0 radical (unpaired) electrons. The molecule has 0 bridgehead atoms. The van der Waals surface area contributed by atoms with Crippen molar-refractivity contribution in [1.29, 1.82) is 5.26 Å². The molecule has 1 aliphatic rings. The van der Waals surface area contributed by atoms with Crippen LogP contribution in [0.25, 0.3) is 5.65 Å². The third kappa shape index (κ3) is 2.76. The molecule has 1 aliphatic heterocycles. The molecule has 0 saturated carbocycles. The Hall–Kier alpha value is -3.14. The van der Waals surface area contributed by atoms with Crippen LogP contribution in [0.15, 0.2) is 30.5 Å². The second-order valence-electron chi connectivity index (χ2n) is 6.23. The van der Waals surface area contributed by atoms with E-state index in [2.05, 4.69) is 25.8 Å². The maximum absolute atomic E-state index is 9.04. The van der Waals surface area contributed by atoms with Crippen LogP contribution in [0.5, 0.6) is 0 Å². The first kappa shape index (κ1) is 15.4. The third-order valence-electron chi connectivity index (χ3n) is 4.73. The van der Waals surface area contributed by atoms with E-state index in [9.17, 15) is 0 Å². The van der Waals surface area contributed by atoms with Crippen LogP contribution in [0.1, 0.15) is 17.0 Å². The summed E-state index contributed by atoms with van der Waals surface area (Å²) in [5, 5.41) is 13.8. The third-order valence-corrected chi connectivity index (χ3v) is 4.73. The lowest BCUT2D eigenvalue weighted by Gasteiger charge is -2.36. The Morgan fingerprint density at radius 1 is 1.00 bits per heavy atom. The van der Waals surface area contributed by atoms with Gasteiger partial charge in [0.25, 0.3) is 0 Å². The smallest absolute Gasteiger partial charge is 0.154 e. The Morgan fingerprint density at radius 2 is 1.72 bits per heavy atom. The van der Waals surface area contributed by atoms with Crippen molar-refractivity contribution in [2.24, 2.45) is 0 Å². The number of aryl methyl sites for hydroxylation is 2. The Balaban J connectivity index is 1.52. The van der Waals surface area contributed by atoms with Crippen LogP contribution in [0.2, 0.25) is 0 Å². The number of hydrogen-bond acceptors (Lipinski definition) is 6. The molecule has 0 amide bonds. The van der Waals surface area contributed by atoms with E-state index in [4.69, 9.17) is 10.4 Å². The van der Waals surface area contributed by atoms with E-state index in [1.54, 1.807) is 12.3 Å². The minimum atomic E-state index is 0.644. The lowest BCUT2D eigenvalue weighted by molar-refractivity contribution is 0.635. The SMILES string of the molecule is Cc1nc2ccc(N3CCN(c4cc(C#N)ccn4)CC3)nn2c1C. The quantitative estimate of drug-likeness (QED) is 0.713. The normalized spacial score (nSPS) is 14.8. The Morgan fingerprint density at radius 3 is 2.44 bits per heavy atom. The summed E-state index contributed by atoms with van der Waals surface area (Å²) < 4.78 is 1.91. The number of nitrogens with zero attached hydrogens (tertiary/aromatic N) is 7. The molecule has 0 aliphatic carbocycles. The van der Waals surface area contributed by atoms with E-state index in [0.717, 1.165) is 54.8 Å². The second kappa shape index (κ2) is 6.06. The highest BCUT2D eigenvalue weighted by molar-refractivity contribution is 5.51. The molecule has 3 aromatic rings. The number of hydrogen-bond donors (Lipinski definition) is 0. The summed E-state index contributed by atoms with van der Waals surface area (Å²) in [5.41, 5.74) is 3.62. The molecule has 0 spiro atoms. The zero-order chi connectivity index (χ0) is 17.4. The predicted octanol–water partition coefficient (Wildman–Crippen LogP) is 1.94. The van der Waals surface area contributed by atoms with Crippen LogP contribution >= 0.6 is 0 Å². The van der Waals surface area contributed by atoms with E-state index in [0.29, 0.717) is 5.56 Å². The lowest BCUT2D eigenvalue weighted by atomic mass is 10.2. The number of imidazole rings is 1. The van der Waals surface area contributed by atoms with Crippen LogP contribution in [0.4, 0.5) is 11.6 Å². The molecule has 7 heteroatoms. The standard InChI is InChI=1S/C18H19N7/c1-13-14(2)25-16(21-13)3-4-17(22-25)23-7-9-24(10-8-23)18-11-15(12-19)5-6-20-18/h3-6,11H,7-10H2,1-2H3. The zero-order valence-electron chi connectivity index (χ0n) is 14.3. The van der Waals surface area contributed by atoms with Gasteiger partial charge in [-0.25, -0.2) is 14.5 Å². The van der Waals surface area contributed by atoms with Crippen LogP contribution in [-0.2, 0) is 0 Å². The number of nitriles is 1. The van der Waals surface area contributed by atoms with Crippen molar-refractivity contribution < 1.29 is 0 Å². The van der Waals surface area contributed by atoms with Gasteiger partial charge in [-0.15, -0.1) is 5.10 Å². The molecule has 1 fully saturated rings. The first-order valence-electron chi connectivity index (χ1n) is 8.35. The number of pyridine rings is 1.